The highest BCUT2D eigenvalue weighted by Gasteiger charge is 2.13. The van der Waals surface area contributed by atoms with Crippen molar-refractivity contribution in [3.63, 3.8) is 0 Å². The fourth-order valence-corrected chi connectivity index (χ4v) is 3.05. The first-order valence-corrected chi connectivity index (χ1v) is 7.39. The van der Waals surface area contributed by atoms with E-state index in [1.807, 2.05) is 0 Å². The van der Waals surface area contributed by atoms with E-state index in [4.69, 9.17) is 11.0 Å². The molecule has 8 heteroatoms. The topological polar surface area (TPSA) is 113 Å². The highest BCUT2D eigenvalue weighted by atomic mass is 32.2. The number of carbonyl (C=O) groups is 1. The standard InChI is InChI=1S/C12H10N4O2S2/c1-6(14)8(4-13)9(17)5-20-12-15-10(18)7-2-3-19-11(7)16-12/h2-3H,5,14H2,1H3,(H,15,16,18)/b8-6+. The van der Waals surface area contributed by atoms with Crippen LogP contribution in [-0.2, 0) is 4.79 Å². The van der Waals surface area contributed by atoms with E-state index in [0.717, 1.165) is 11.8 Å². The number of hydrogen-bond acceptors (Lipinski definition) is 7. The van der Waals surface area contributed by atoms with Crippen molar-refractivity contribution in [3.05, 3.63) is 33.1 Å². The second kappa shape index (κ2) is 5.90. The number of nitrogens with two attached hydrogens (primary N) is 1. The molecule has 0 aliphatic heterocycles. The summed E-state index contributed by atoms with van der Waals surface area (Å²) in [6.07, 6.45) is 0. The molecule has 0 aliphatic rings. The summed E-state index contributed by atoms with van der Waals surface area (Å²) >= 11 is 2.43. The molecule has 6 nitrogen and oxygen atoms in total. The average Bonchev–Trinajstić information content (AvgIpc) is 2.85. The molecule has 2 aromatic rings. The minimum absolute atomic E-state index is 0.00272. The van der Waals surface area contributed by atoms with Crippen molar-refractivity contribution < 1.29 is 4.79 Å². The van der Waals surface area contributed by atoms with Crippen LogP contribution < -0.4 is 11.3 Å². The van der Waals surface area contributed by atoms with Crippen LogP contribution in [0.2, 0.25) is 0 Å². The summed E-state index contributed by atoms with van der Waals surface area (Å²) in [5.41, 5.74) is 5.35. The maximum Gasteiger partial charge on any atom is 0.260 e. The molecule has 0 atom stereocenters. The number of thiophene rings is 1. The van der Waals surface area contributed by atoms with E-state index in [2.05, 4.69) is 9.97 Å². The van der Waals surface area contributed by atoms with Gasteiger partial charge < -0.3 is 10.7 Å². The maximum absolute atomic E-state index is 11.8. The van der Waals surface area contributed by atoms with Gasteiger partial charge in [-0.1, -0.05) is 11.8 Å². The predicted molar refractivity (Wildman–Crippen MR) is 78.5 cm³/mol. The fraction of sp³-hybridized carbons (Fsp3) is 0.167. The van der Waals surface area contributed by atoms with E-state index in [0.29, 0.717) is 15.4 Å². The number of Topliss-reactive ketones (excluding diaryl/α,β-unsaturated/α-hetero) is 1. The fourth-order valence-electron chi connectivity index (χ4n) is 1.49. The Morgan fingerprint density at radius 2 is 2.40 bits per heavy atom. The number of ketones is 1. The number of rotatable bonds is 4. The number of nitrogens with zero attached hydrogens (tertiary/aromatic N) is 2. The van der Waals surface area contributed by atoms with Crippen LogP contribution in [0.1, 0.15) is 6.92 Å². The quantitative estimate of drug-likeness (QED) is 0.382. The molecule has 102 valence electrons. The van der Waals surface area contributed by atoms with Gasteiger partial charge in [0.05, 0.1) is 11.1 Å². The van der Waals surface area contributed by atoms with Crippen molar-refractivity contribution in [2.75, 3.05) is 5.75 Å². The summed E-state index contributed by atoms with van der Waals surface area (Å²) in [4.78, 5) is 31.0. The zero-order valence-corrected chi connectivity index (χ0v) is 12.1. The Bertz CT molecular complexity index is 794. The minimum atomic E-state index is -0.383. The summed E-state index contributed by atoms with van der Waals surface area (Å²) in [5.74, 6) is -0.386. The Labute approximate surface area is 122 Å². The summed E-state index contributed by atoms with van der Waals surface area (Å²) < 4.78 is 0. The van der Waals surface area contributed by atoms with Crippen LogP contribution in [0.25, 0.3) is 10.2 Å². The Morgan fingerprint density at radius 3 is 3.05 bits per heavy atom. The van der Waals surface area contributed by atoms with Crippen LogP contribution in [0.5, 0.6) is 0 Å². The molecule has 2 aromatic heterocycles. The Balaban J connectivity index is 2.18. The number of fused-ring (bicyclic) bond motifs is 1. The largest absolute Gasteiger partial charge is 0.401 e. The number of nitrogens with one attached hydrogen (secondary N) is 1. The minimum Gasteiger partial charge on any atom is -0.401 e. The summed E-state index contributed by atoms with van der Waals surface area (Å²) in [7, 11) is 0. The lowest BCUT2D eigenvalue weighted by Gasteiger charge is -2.01. The van der Waals surface area contributed by atoms with Crippen LogP contribution in [-0.4, -0.2) is 21.5 Å². The highest BCUT2D eigenvalue weighted by molar-refractivity contribution is 7.99. The number of allylic oxidation sites excluding steroid dienone is 2. The predicted octanol–water partition coefficient (Wildman–Crippen LogP) is 1.40. The normalized spacial score (nSPS) is 12.0. The van der Waals surface area contributed by atoms with Crippen LogP contribution in [0.4, 0.5) is 0 Å². The summed E-state index contributed by atoms with van der Waals surface area (Å²) in [6.45, 7) is 1.50. The van der Waals surface area contributed by atoms with Crippen molar-refractivity contribution in [1.82, 2.24) is 9.97 Å². The number of H-pyrrole nitrogens is 1. The van der Waals surface area contributed by atoms with Gasteiger partial charge in [-0.25, -0.2) is 4.98 Å². The third kappa shape index (κ3) is 2.89. The van der Waals surface area contributed by atoms with Gasteiger partial charge >= 0.3 is 0 Å². The highest BCUT2D eigenvalue weighted by Crippen LogP contribution is 2.19. The molecule has 3 N–H and O–H groups in total. The Kier molecular flexibility index (Phi) is 4.22. The van der Waals surface area contributed by atoms with E-state index in [9.17, 15) is 9.59 Å². The number of nitriles is 1. The van der Waals surface area contributed by atoms with Crippen molar-refractivity contribution in [2.45, 2.75) is 12.1 Å². The average molecular weight is 306 g/mol. The van der Waals surface area contributed by atoms with E-state index in [1.165, 1.54) is 18.3 Å². The number of aromatic amines is 1. The van der Waals surface area contributed by atoms with Gasteiger partial charge in [0.15, 0.2) is 10.9 Å². The summed E-state index contributed by atoms with van der Waals surface area (Å²) in [6, 6.07) is 3.47. The van der Waals surface area contributed by atoms with Crippen molar-refractivity contribution in [2.24, 2.45) is 5.73 Å². The third-order valence-corrected chi connectivity index (χ3v) is 4.12. The van der Waals surface area contributed by atoms with Gasteiger partial charge in [-0.2, -0.15) is 5.26 Å². The van der Waals surface area contributed by atoms with Crippen molar-refractivity contribution in [3.8, 4) is 6.07 Å². The first-order valence-electron chi connectivity index (χ1n) is 5.53. The second-order valence-electron chi connectivity index (χ2n) is 3.89. The lowest BCUT2D eigenvalue weighted by atomic mass is 10.2. The molecule has 0 saturated heterocycles. The molecule has 0 saturated carbocycles. The Hall–Kier alpha value is -2.11. The van der Waals surface area contributed by atoms with Gasteiger partial charge in [0, 0.05) is 5.70 Å². The van der Waals surface area contributed by atoms with Gasteiger partial charge in [0.2, 0.25) is 0 Å². The molecule has 2 rings (SSSR count). The van der Waals surface area contributed by atoms with Gasteiger partial charge in [-0.3, -0.25) is 9.59 Å². The lowest BCUT2D eigenvalue weighted by molar-refractivity contribution is -0.112. The maximum atomic E-state index is 11.8. The molecule has 0 amide bonds. The number of aromatic nitrogens is 2. The van der Waals surface area contributed by atoms with Crippen LogP contribution in [0.15, 0.2) is 32.7 Å². The molecular weight excluding hydrogens is 296 g/mol. The van der Waals surface area contributed by atoms with E-state index in [1.54, 1.807) is 17.5 Å². The second-order valence-corrected chi connectivity index (χ2v) is 5.75. The molecule has 0 aromatic carbocycles. The lowest BCUT2D eigenvalue weighted by Crippen LogP contribution is -2.12. The molecule has 0 aliphatic carbocycles. The van der Waals surface area contributed by atoms with Crippen LogP contribution >= 0.6 is 23.1 Å². The molecular formula is C12H10N4O2S2. The smallest absolute Gasteiger partial charge is 0.260 e. The van der Waals surface area contributed by atoms with Gasteiger partial charge in [0.25, 0.3) is 5.56 Å². The zero-order valence-electron chi connectivity index (χ0n) is 10.5. The summed E-state index contributed by atoms with van der Waals surface area (Å²) in [5, 5.41) is 11.5. The number of carbonyl (C=O) groups excluding carboxylic acids is 1. The molecule has 0 bridgehead atoms. The molecule has 0 fully saturated rings. The van der Waals surface area contributed by atoms with Crippen LogP contribution in [0.3, 0.4) is 0 Å². The van der Waals surface area contributed by atoms with Crippen molar-refractivity contribution >= 4 is 39.1 Å². The van der Waals surface area contributed by atoms with E-state index < -0.39 is 0 Å². The SMILES string of the molecule is C/C(N)=C(/C#N)C(=O)CSc1nc2sccc2c(=O)[nH]1. The van der Waals surface area contributed by atoms with Crippen LogP contribution in [0, 0.1) is 11.3 Å². The first kappa shape index (κ1) is 14.3. The third-order valence-electron chi connectivity index (χ3n) is 2.44. The van der Waals surface area contributed by atoms with E-state index in [-0.39, 0.29) is 28.4 Å². The van der Waals surface area contributed by atoms with Crippen molar-refractivity contribution in [1.29, 1.82) is 5.26 Å². The monoisotopic (exact) mass is 306 g/mol. The zero-order chi connectivity index (χ0) is 14.7. The first-order chi connectivity index (χ1) is 9.52. The van der Waals surface area contributed by atoms with Gasteiger partial charge in [-0.05, 0) is 18.4 Å². The molecule has 0 spiro atoms. The molecule has 0 unspecified atom stereocenters. The molecule has 2 heterocycles. The molecule has 0 radical (unpaired) electrons. The van der Waals surface area contributed by atoms with Gasteiger partial charge in [0.1, 0.15) is 16.5 Å². The van der Waals surface area contributed by atoms with Gasteiger partial charge in [-0.15, -0.1) is 11.3 Å². The molecule has 20 heavy (non-hydrogen) atoms. The van der Waals surface area contributed by atoms with E-state index >= 15 is 0 Å². The Morgan fingerprint density at radius 1 is 1.65 bits per heavy atom. The number of thioether (sulfide) groups is 1. The number of hydrogen-bond donors (Lipinski definition) is 2.